The molecule has 13 heteroatoms. The lowest BCUT2D eigenvalue weighted by Crippen LogP contribution is -2.46. The van der Waals surface area contributed by atoms with E-state index in [1.54, 1.807) is 6.07 Å². The van der Waals surface area contributed by atoms with Crippen LogP contribution in [0.1, 0.15) is 45.6 Å². The molecule has 220 valence electrons. The fraction of sp³-hybridized carbons (Fsp3) is 0.731. The van der Waals surface area contributed by atoms with Crippen LogP contribution in [0.5, 0.6) is 5.75 Å². The molecule has 7 nitrogen and oxygen atoms in total. The normalized spacial score (nSPS) is 22.7. The van der Waals surface area contributed by atoms with Crippen molar-refractivity contribution in [2.45, 2.75) is 70.8 Å². The second-order valence-electron chi connectivity index (χ2n) is 11.3. The van der Waals surface area contributed by atoms with Crippen molar-refractivity contribution < 1.29 is 45.3 Å². The van der Waals surface area contributed by atoms with E-state index >= 15 is 0 Å². The summed E-state index contributed by atoms with van der Waals surface area (Å²) in [7, 11) is 0. The van der Waals surface area contributed by atoms with Gasteiger partial charge in [0, 0.05) is 44.8 Å². The molecular weight excluding hydrogens is 532 g/mol. The lowest BCUT2D eigenvalue weighted by molar-refractivity contribution is -0.274. The maximum atomic E-state index is 13.2. The number of carbonyl (C=O) groups excluding carboxylic acids is 1. The third kappa shape index (κ3) is 7.03. The zero-order chi connectivity index (χ0) is 28.6. The Morgan fingerprint density at radius 2 is 1.69 bits per heavy atom. The van der Waals surface area contributed by atoms with Crippen LogP contribution in [0.15, 0.2) is 18.2 Å². The Bertz CT molecular complexity index is 1020. The van der Waals surface area contributed by atoms with E-state index in [1.165, 1.54) is 11.0 Å². The molecule has 1 unspecified atom stereocenters. The summed E-state index contributed by atoms with van der Waals surface area (Å²) in [6, 6.07) is 4.70. The standard InChI is InChI=1S/C26H35F6N3O4/c1-18(25(27,28)29)38-22(36)34-9-7-24(8-10-34)16-23(2,3)35(17-24)15-19-5-4-6-20(39-26(30,31)32)21(19)33-11-13-37-14-12-33/h4-6,18H,7-17H2,1-3H3. The minimum Gasteiger partial charge on any atom is -0.437 e. The highest BCUT2D eigenvalue weighted by Crippen LogP contribution is 2.49. The molecule has 0 N–H and O–H groups in total. The van der Waals surface area contributed by atoms with Crippen molar-refractivity contribution in [1.82, 2.24) is 9.80 Å². The fourth-order valence-corrected chi connectivity index (χ4v) is 6.02. The first-order valence-corrected chi connectivity index (χ1v) is 13.1. The van der Waals surface area contributed by atoms with Crippen LogP contribution in [-0.2, 0) is 16.0 Å². The molecule has 0 saturated carbocycles. The van der Waals surface area contributed by atoms with Crippen molar-refractivity contribution in [3.63, 3.8) is 0 Å². The molecule has 3 heterocycles. The third-order valence-electron chi connectivity index (χ3n) is 8.01. The number of alkyl halides is 6. The van der Waals surface area contributed by atoms with Gasteiger partial charge in [-0.05, 0) is 57.1 Å². The highest BCUT2D eigenvalue weighted by atomic mass is 19.4. The molecule has 1 aromatic rings. The Hall–Kier alpha value is -2.41. The number of halogens is 6. The lowest BCUT2D eigenvalue weighted by Gasteiger charge is -2.39. The van der Waals surface area contributed by atoms with Gasteiger partial charge in [-0.3, -0.25) is 4.90 Å². The zero-order valence-corrected chi connectivity index (χ0v) is 22.3. The predicted molar refractivity (Wildman–Crippen MR) is 131 cm³/mol. The molecule has 3 aliphatic rings. The van der Waals surface area contributed by atoms with Gasteiger partial charge in [-0.1, -0.05) is 12.1 Å². The number of para-hydroxylation sites is 1. The Morgan fingerprint density at radius 3 is 2.28 bits per heavy atom. The number of hydrogen-bond donors (Lipinski definition) is 0. The van der Waals surface area contributed by atoms with Gasteiger partial charge in [0.1, 0.15) is 0 Å². The summed E-state index contributed by atoms with van der Waals surface area (Å²) >= 11 is 0. The number of hydrogen-bond acceptors (Lipinski definition) is 6. The van der Waals surface area contributed by atoms with Gasteiger partial charge in [-0.15, -0.1) is 13.2 Å². The average molecular weight is 568 g/mol. The maximum Gasteiger partial charge on any atom is 0.573 e. The third-order valence-corrected chi connectivity index (χ3v) is 8.01. The minimum absolute atomic E-state index is 0.171. The molecule has 39 heavy (non-hydrogen) atoms. The first-order valence-electron chi connectivity index (χ1n) is 13.1. The van der Waals surface area contributed by atoms with E-state index in [1.807, 2.05) is 11.0 Å². The largest absolute Gasteiger partial charge is 0.573 e. The maximum absolute atomic E-state index is 13.2. The summed E-state index contributed by atoms with van der Waals surface area (Å²) in [6.45, 7) is 8.26. The summed E-state index contributed by atoms with van der Waals surface area (Å²) in [5.74, 6) is -0.242. The molecule has 1 atom stereocenters. The second kappa shape index (κ2) is 10.9. The number of rotatable bonds is 5. The number of nitrogens with zero attached hydrogens (tertiary/aromatic N) is 3. The van der Waals surface area contributed by atoms with E-state index in [0.717, 1.165) is 13.3 Å². The number of ether oxygens (including phenoxy) is 3. The van der Waals surface area contributed by atoms with Gasteiger partial charge in [0.25, 0.3) is 0 Å². The molecular formula is C26H35F6N3O4. The van der Waals surface area contributed by atoms with Crippen LogP contribution in [-0.4, -0.2) is 86.0 Å². The number of amides is 1. The van der Waals surface area contributed by atoms with Crippen LogP contribution < -0.4 is 9.64 Å². The van der Waals surface area contributed by atoms with Crippen LogP contribution in [0.4, 0.5) is 36.8 Å². The van der Waals surface area contributed by atoms with E-state index in [9.17, 15) is 31.1 Å². The van der Waals surface area contributed by atoms with Crippen LogP contribution >= 0.6 is 0 Å². The quantitative estimate of drug-likeness (QED) is 0.434. The van der Waals surface area contributed by atoms with Crippen LogP contribution in [0.3, 0.4) is 0 Å². The Morgan fingerprint density at radius 1 is 1.05 bits per heavy atom. The summed E-state index contributed by atoms with van der Waals surface area (Å²) in [4.78, 5) is 17.7. The van der Waals surface area contributed by atoms with E-state index in [4.69, 9.17) is 4.74 Å². The second-order valence-corrected chi connectivity index (χ2v) is 11.3. The van der Waals surface area contributed by atoms with Gasteiger partial charge in [0.05, 0.1) is 18.9 Å². The van der Waals surface area contributed by atoms with Crippen molar-refractivity contribution in [2.24, 2.45) is 5.41 Å². The molecule has 1 spiro atoms. The topological polar surface area (TPSA) is 54.5 Å². The smallest absolute Gasteiger partial charge is 0.437 e. The van der Waals surface area contributed by atoms with Gasteiger partial charge in [0.2, 0.25) is 0 Å². The van der Waals surface area contributed by atoms with Crippen LogP contribution in [0.25, 0.3) is 0 Å². The lowest BCUT2D eigenvalue weighted by atomic mass is 9.74. The molecule has 0 aliphatic carbocycles. The summed E-state index contributed by atoms with van der Waals surface area (Å²) in [5, 5.41) is 0. The first kappa shape index (κ1) is 29.6. The molecule has 3 aliphatic heterocycles. The number of morpholine rings is 1. The van der Waals surface area contributed by atoms with E-state index < -0.39 is 24.7 Å². The van der Waals surface area contributed by atoms with Gasteiger partial charge in [-0.25, -0.2) is 4.79 Å². The Kier molecular flexibility index (Phi) is 8.24. The average Bonchev–Trinajstić information content (AvgIpc) is 3.07. The fourth-order valence-electron chi connectivity index (χ4n) is 6.02. The highest BCUT2D eigenvalue weighted by Gasteiger charge is 2.50. The van der Waals surface area contributed by atoms with Gasteiger partial charge >= 0.3 is 18.6 Å². The predicted octanol–water partition coefficient (Wildman–Crippen LogP) is 5.58. The van der Waals surface area contributed by atoms with Crippen LogP contribution in [0.2, 0.25) is 0 Å². The van der Waals surface area contributed by atoms with Gasteiger partial charge < -0.3 is 24.0 Å². The summed E-state index contributed by atoms with van der Waals surface area (Å²) in [5.41, 5.74) is 0.656. The molecule has 3 saturated heterocycles. The summed E-state index contributed by atoms with van der Waals surface area (Å²) < 4.78 is 92.5. The zero-order valence-electron chi connectivity index (χ0n) is 22.3. The van der Waals surface area contributed by atoms with Gasteiger partial charge in [-0.2, -0.15) is 13.2 Å². The number of benzene rings is 1. The molecule has 0 bridgehead atoms. The van der Waals surface area contributed by atoms with Crippen molar-refractivity contribution in [3.8, 4) is 5.75 Å². The molecule has 0 aromatic heterocycles. The Balaban J connectivity index is 1.48. The molecule has 1 aromatic carbocycles. The highest BCUT2D eigenvalue weighted by molar-refractivity contribution is 5.68. The van der Waals surface area contributed by atoms with E-state index in [2.05, 4.69) is 28.2 Å². The Labute approximate surface area is 223 Å². The first-order chi connectivity index (χ1) is 18.1. The van der Waals surface area contributed by atoms with Crippen molar-refractivity contribution in [2.75, 3.05) is 50.8 Å². The summed E-state index contributed by atoms with van der Waals surface area (Å²) in [6.07, 6.45) is -10.6. The monoisotopic (exact) mass is 567 g/mol. The SMILES string of the molecule is CC(OC(=O)N1CCC2(CC1)CN(Cc1cccc(OC(F)(F)F)c1N1CCOCC1)C(C)(C)C2)C(F)(F)F. The van der Waals surface area contributed by atoms with Crippen LogP contribution in [0, 0.1) is 5.41 Å². The number of carbonyl (C=O) groups is 1. The molecule has 4 rings (SSSR count). The van der Waals surface area contributed by atoms with Crippen molar-refractivity contribution in [3.05, 3.63) is 23.8 Å². The van der Waals surface area contributed by atoms with Crippen molar-refractivity contribution >= 4 is 11.8 Å². The molecule has 3 fully saturated rings. The van der Waals surface area contributed by atoms with Crippen molar-refractivity contribution in [1.29, 1.82) is 0 Å². The number of likely N-dealkylation sites (tertiary alicyclic amines) is 2. The molecule has 0 radical (unpaired) electrons. The van der Waals surface area contributed by atoms with Gasteiger partial charge in [0.15, 0.2) is 11.9 Å². The van der Waals surface area contributed by atoms with E-state index in [0.29, 0.717) is 63.5 Å². The molecule has 1 amide bonds. The minimum atomic E-state index is -4.83. The van der Waals surface area contributed by atoms with E-state index in [-0.39, 0.29) is 29.8 Å². The number of piperidine rings is 1. The number of anilines is 1.